The van der Waals surface area contributed by atoms with Gasteiger partial charge in [0.2, 0.25) is 0 Å². The van der Waals surface area contributed by atoms with E-state index in [1.165, 1.54) is 18.3 Å². The second-order valence-electron chi connectivity index (χ2n) is 5.54. The van der Waals surface area contributed by atoms with Gasteiger partial charge in [-0.1, -0.05) is 0 Å². The summed E-state index contributed by atoms with van der Waals surface area (Å²) in [6, 6.07) is 19.6. The fraction of sp³-hybridized carbons (Fsp3) is 0.0500. The lowest BCUT2D eigenvalue weighted by Gasteiger charge is -2.08. The zero-order valence-corrected chi connectivity index (χ0v) is 14.2. The Labute approximate surface area is 151 Å². The summed E-state index contributed by atoms with van der Waals surface area (Å²) in [6.07, 6.45) is 1.48. The topological polar surface area (TPSA) is 86.1 Å². The molecule has 0 unspecified atom stereocenters. The van der Waals surface area contributed by atoms with Gasteiger partial charge in [0, 0.05) is 23.0 Å². The van der Waals surface area contributed by atoms with E-state index in [9.17, 15) is 10.2 Å². The van der Waals surface area contributed by atoms with Gasteiger partial charge < -0.3 is 20.3 Å². The molecule has 0 atom stereocenters. The number of nitrogens with one attached hydrogen (secondary N) is 2. The number of methoxy groups -OCH3 is 1. The molecule has 3 aromatic carbocycles. The van der Waals surface area contributed by atoms with Crippen molar-refractivity contribution in [1.82, 2.24) is 0 Å². The van der Waals surface area contributed by atoms with Crippen LogP contribution in [0.4, 0.5) is 17.1 Å². The maximum absolute atomic E-state index is 9.70. The molecule has 0 saturated carbocycles. The van der Waals surface area contributed by atoms with Crippen molar-refractivity contribution in [1.29, 1.82) is 0 Å². The minimum absolute atomic E-state index is 0.00700. The maximum atomic E-state index is 9.70. The van der Waals surface area contributed by atoms with Gasteiger partial charge in [-0.15, -0.1) is 0 Å². The summed E-state index contributed by atoms with van der Waals surface area (Å²) >= 11 is 0. The lowest BCUT2D eigenvalue weighted by molar-refractivity contribution is 0.415. The van der Waals surface area contributed by atoms with Crippen molar-refractivity contribution in [3.63, 3.8) is 0 Å². The third-order valence-electron chi connectivity index (χ3n) is 3.67. The van der Waals surface area contributed by atoms with Crippen LogP contribution in [0.2, 0.25) is 0 Å². The van der Waals surface area contributed by atoms with Crippen molar-refractivity contribution >= 4 is 23.3 Å². The zero-order chi connectivity index (χ0) is 18.4. The standard InChI is InChI=1S/C20H19N3O3/c1-26-19-10-7-16(8-11-19)22-15-3-5-17(6-4-15)23-21-13-14-2-9-18(24)12-20(14)25/h2-13,22-25H,1H3. The van der Waals surface area contributed by atoms with Gasteiger partial charge in [0.1, 0.15) is 17.2 Å². The van der Waals surface area contributed by atoms with E-state index in [2.05, 4.69) is 15.8 Å². The second kappa shape index (κ2) is 7.94. The molecule has 0 bridgehead atoms. The van der Waals surface area contributed by atoms with Crippen LogP contribution < -0.4 is 15.5 Å². The number of nitrogens with zero attached hydrogens (tertiary/aromatic N) is 1. The smallest absolute Gasteiger partial charge is 0.128 e. The molecule has 0 fully saturated rings. The summed E-state index contributed by atoms with van der Waals surface area (Å²) in [6.45, 7) is 0. The van der Waals surface area contributed by atoms with Gasteiger partial charge in [0.15, 0.2) is 0 Å². The monoisotopic (exact) mass is 349 g/mol. The molecule has 0 aliphatic carbocycles. The number of hydrogen-bond acceptors (Lipinski definition) is 6. The SMILES string of the molecule is COc1ccc(Nc2ccc(NN=Cc3ccc(O)cc3O)cc2)cc1. The Balaban J connectivity index is 1.59. The number of anilines is 3. The molecule has 6 nitrogen and oxygen atoms in total. The summed E-state index contributed by atoms with van der Waals surface area (Å²) in [5.41, 5.74) is 6.12. The van der Waals surface area contributed by atoms with E-state index in [4.69, 9.17) is 4.74 Å². The first-order valence-corrected chi connectivity index (χ1v) is 7.96. The highest BCUT2D eigenvalue weighted by molar-refractivity contribution is 5.84. The Kier molecular flexibility index (Phi) is 5.24. The highest BCUT2D eigenvalue weighted by Crippen LogP contribution is 2.22. The van der Waals surface area contributed by atoms with Crippen LogP contribution in [0, 0.1) is 0 Å². The number of benzene rings is 3. The molecule has 0 heterocycles. The van der Waals surface area contributed by atoms with Crippen LogP contribution in [0.5, 0.6) is 17.2 Å². The van der Waals surface area contributed by atoms with Gasteiger partial charge in [-0.05, 0) is 60.7 Å². The minimum atomic E-state index is -0.0328. The lowest BCUT2D eigenvalue weighted by atomic mass is 10.2. The maximum Gasteiger partial charge on any atom is 0.128 e. The van der Waals surface area contributed by atoms with Crippen molar-refractivity contribution in [3.8, 4) is 17.2 Å². The third kappa shape index (κ3) is 4.45. The highest BCUT2D eigenvalue weighted by Gasteiger charge is 1.99. The number of hydrogen-bond donors (Lipinski definition) is 4. The van der Waals surface area contributed by atoms with Crippen molar-refractivity contribution in [2.45, 2.75) is 0 Å². The number of phenols is 2. The average Bonchev–Trinajstić information content (AvgIpc) is 2.65. The van der Waals surface area contributed by atoms with E-state index in [0.717, 1.165) is 22.8 Å². The molecule has 0 saturated heterocycles. The quantitative estimate of drug-likeness (QED) is 0.394. The molecule has 4 N–H and O–H groups in total. The molecule has 0 aliphatic rings. The number of rotatable bonds is 6. The number of hydrazone groups is 1. The Morgan fingerprint density at radius 3 is 2.08 bits per heavy atom. The molecule has 3 rings (SSSR count). The first-order valence-electron chi connectivity index (χ1n) is 7.96. The van der Waals surface area contributed by atoms with E-state index in [1.807, 2.05) is 48.5 Å². The molecule has 0 radical (unpaired) electrons. The highest BCUT2D eigenvalue weighted by atomic mass is 16.5. The van der Waals surface area contributed by atoms with Crippen molar-refractivity contribution in [2.75, 3.05) is 17.9 Å². The molecular weight excluding hydrogens is 330 g/mol. The normalized spacial score (nSPS) is 10.7. The first-order chi connectivity index (χ1) is 12.6. The van der Waals surface area contributed by atoms with E-state index < -0.39 is 0 Å². The van der Waals surface area contributed by atoms with Crippen molar-refractivity contribution < 1.29 is 14.9 Å². The van der Waals surface area contributed by atoms with Crippen LogP contribution >= 0.6 is 0 Å². The Morgan fingerprint density at radius 1 is 0.846 bits per heavy atom. The molecule has 132 valence electrons. The zero-order valence-electron chi connectivity index (χ0n) is 14.2. The lowest BCUT2D eigenvalue weighted by Crippen LogP contribution is -1.93. The van der Waals surface area contributed by atoms with Crippen LogP contribution in [-0.4, -0.2) is 23.5 Å². The molecule has 0 aliphatic heterocycles. The Bertz CT molecular complexity index is 891. The van der Waals surface area contributed by atoms with Gasteiger partial charge >= 0.3 is 0 Å². The molecule has 0 amide bonds. The van der Waals surface area contributed by atoms with E-state index in [-0.39, 0.29) is 11.5 Å². The van der Waals surface area contributed by atoms with E-state index >= 15 is 0 Å². The molecule has 3 aromatic rings. The summed E-state index contributed by atoms with van der Waals surface area (Å²) in [5.74, 6) is 0.787. The van der Waals surface area contributed by atoms with Crippen molar-refractivity contribution in [3.05, 3.63) is 72.3 Å². The number of phenolic OH excluding ortho intramolecular Hbond substituents is 2. The third-order valence-corrected chi connectivity index (χ3v) is 3.67. The Morgan fingerprint density at radius 2 is 1.46 bits per heavy atom. The van der Waals surface area contributed by atoms with Crippen LogP contribution in [0.15, 0.2) is 71.8 Å². The van der Waals surface area contributed by atoms with Gasteiger partial charge in [-0.25, -0.2) is 0 Å². The van der Waals surface area contributed by atoms with E-state index in [0.29, 0.717) is 5.56 Å². The van der Waals surface area contributed by atoms with Crippen LogP contribution in [0.25, 0.3) is 0 Å². The fourth-order valence-corrected chi connectivity index (χ4v) is 2.29. The van der Waals surface area contributed by atoms with E-state index in [1.54, 1.807) is 13.2 Å². The average molecular weight is 349 g/mol. The molecule has 0 aromatic heterocycles. The summed E-state index contributed by atoms with van der Waals surface area (Å²) in [7, 11) is 1.64. The number of ether oxygens (including phenoxy) is 1. The van der Waals surface area contributed by atoms with Gasteiger partial charge in [-0.3, -0.25) is 5.43 Å². The van der Waals surface area contributed by atoms with Crippen molar-refractivity contribution in [2.24, 2.45) is 5.10 Å². The van der Waals surface area contributed by atoms with Gasteiger partial charge in [0.05, 0.1) is 19.0 Å². The summed E-state index contributed by atoms with van der Waals surface area (Å²) in [4.78, 5) is 0. The minimum Gasteiger partial charge on any atom is -0.508 e. The molecule has 0 spiro atoms. The summed E-state index contributed by atoms with van der Waals surface area (Å²) in [5, 5.41) is 26.4. The molecular formula is C20H19N3O3. The predicted molar refractivity (Wildman–Crippen MR) is 104 cm³/mol. The van der Waals surface area contributed by atoms with Gasteiger partial charge in [0.25, 0.3) is 0 Å². The molecule has 6 heteroatoms. The fourth-order valence-electron chi connectivity index (χ4n) is 2.29. The van der Waals surface area contributed by atoms with Gasteiger partial charge in [-0.2, -0.15) is 5.10 Å². The van der Waals surface area contributed by atoms with Crippen LogP contribution in [0.1, 0.15) is 5.56 Å². The van der Waals surface area contributed by atoms with Crippen LogP contribution in [-0.2, 0) is 0 Å². The first kappa shape index (κ1) is 17.2. The predicted octanol–water partition coefficient (Wildman–Crippen LogP) is 4.30. The largest absolute Gasteiger partial charge is 0.508 e. The molecule has 26 heavy (non-hydrogen) atoms. The second-order valence-corrected chi connectivity index (χ2v) is 5.54. The summed E-state index contributed by atoms with van der Waals surface area (Å²) < 4.78 is 5.14. The Hall–Kier alpha value is -3.67. The van der Waals surface area contributed by atoms with Crippen LogP contribution in [0.3, 0.4) is 0 Å². The number of aromatic hydroxyl groups is 2.